The monoisotopic (exact) mass is 297 g/mol. The summed E-state index contributed by atoms with van der Waals surface area (Å²) in [6.45, 7) is 1.85. The first kappa shape index (κ1) is 13.7. The molecule has 1 aromatic heterocycles. The van der Waals surface area contributed by atoms with Crippen molar-refractivity contribution in [3.8, 4) is 6.07 Å². The zero-order chi connectivity index (χ0) is 15.0. The van der Waals surface area contributed by atoms with E-state index in [2.05, 4.69) is 11.4 Å². The van der Waals surface area contributed by atoms with Crippen LogP contribution in [0.4, 0.5) is 10.7 Å². The molecule has 1 aliphatic rings. The predicted octanol–water partition coefficient (Wildman–Crippen LogP) is 3.25. The second kappa shape index (κ2) is 5.23. The van der Waals surface area contributed by atoms with Crippen LogP contribution < -0.4 is 11.1 Å². The van der Waals surface area contributed by atoms with Gasteiger partial charge in [0.15, 0.2) is 0 Å². The highest BCUT2D eigenvalue weighted by Gasteiger charge is 2.23. The lowest BCUT2D eigenvalue weighted by atomic mass is 10.1. The van der Waals surface area contributed by atoms with E-state index in [-0.39, 0.29) is 5.91 Å². The van der Waals surface area contributed by atoms with Crippen molar-refractivity contribution in [2.45, 2.75) is 26.2 Å². The number of aryl methyl sites for hydroxylation is 2. The molecule has 2 aromatic rings. The minimum absolute atomic E-state index is 0.191. The van der Waals surface area contributed by atoms with Crippen molar-refractivity contribution in [2.75, 3.05) is 11.1 Å². The Morgan fingerprint density at radius 3 is 2.95 bits per heavy atom. The van der Waals surface area contributed by atoms with Crippen molar-refractivity contribution >= 4 is 27.9 Å². The highest BCUT2D eigenvalue weighted by molar-refractivity contribution is 7.16. The highest BCUT2D eigenvalue weighted by Crippen LogP contribution is 2.38. The van der Waals surface area contributed by atoms with Gasteiger partial charge in [-0.25, -0.2) is 0 Å². The van der Waals surface area contributed by atoms with E-state index in [0.29, 0.717) is 21.8 Å². The zero-order valence-electron chi connectivity index (χ0n) is 11.7. The van der Waals surface area contributed by atoms with Crippen molar-refractivity contribution < 1.29 is 4.79 Å². The molecule has 1 aromatic carbocycles. The van der Waals surface area contributed by atoms with Gasteiger partial charge in [0, 0.05) is 16.1 Å². The van der Waals surface area contributed by atoms with E-state index in [1.54, 1.807) is 18.2 Å². The number of hydrogen-bond donors (Lipinski definition) is 2. The van der Waals surface area contributed by atoms with Gasteiger partial charge in [-0.3, -0.25) is 4.79 Å². The molecule has 1 amide bonds. The lowest BCUT2D eigenvalue weighted by Gasteiger charge is -2.07. The standard InChI is InChI=1S/C16H15N3OS/c1-9-7-10(18)5-6-11(9)15(20)19-16-13(8-17)12-3-2-4-14(12)21-16/h5-7H,2-4,18H2,1H3,(H,19,20). The molecule has 0 radical (unpaired) electrons. The van der Waals surface area contributed by atoms with Gasteiger partial charge in [-0.15, -0.1) is 11.3 Å². The van der Waals surface area contributed by atoms with E-state index in [9.17, 15) is 10.1 Å². The molecule has 0 atom stereocenters. The van der Waals surface area contributed by atoms with Gasteiger partial charge < -0.3 is 11.1 Å². The number of hydrogen-bond acceptors (Lipinski definition) is 4. The Morgan fingerprint density at radius 1 is 1.43 bits per heavy atom. The normalized spacial score (nSPS) is 12.8. The van der Waals surface area contributed by atoms with E-state index < -0.39 is 0 Å². The van der Waals surface area contributed by atoms with Gasteiger partial charge >= 0.3 is 0 Å². The third-order valence-electron chi connectivity index (χ3n) is 3.76. The second-order valence-electron chi connectivity index (χ2n) is 5.20. The van der Waals surface area contributed by atoms with E-state index in [0.717, 1.165) is 30.4 Å². The Bertz CT molecular complexity index is 771. The Kier molecular flexibility index (Phi) is 3.40. The molecule has 0 spiro atoms. The van der Waals surface area contributed by atoms with Crippen LogP contribution >= 0.6 is 11.3 Å². The van der Waals surface area contributed by atoms with Gasteiger partial charge in [0.05, 0.1) is 5.56 Å². The number of anilines is 2. The van der Waals surface area contributed by atoms with Crippen LogP contribution in [0.3, 0.4) is 0 Å². The Labute approximate surface area is 127 Å². The molecule has 0 saturated heterocycles. The van der Waals surface area contributed by atoms with Gasteiger partial charge in [-0.05, 0) is 55.5 Å². The van der Waals surface area contributed by atoms with Crippen LogP contribution in [-0.4, -0.2) is 5.91 Å². The summed E-state index contributed by atoms with van der Waals surface area (Å²) in [6.07, 6.45) is 3.04. The molecule has 106 valence electrons. The number of nitrogens with zero attached hydrogens (tertiary/aromatic N) is 1. The van der Waals surface area contributed by atoms with Crippen molar-refractivity contribution in [3.05, 3.63) is 45.3 Å². The zero-order valence-corrected chi connectivity index (χ0v) is 12.5. The van der Waals surface area contributed by atoms with E-state index >= 15 is 0 Å². The number of carbonyl (C=O) groups is 1. The molecule has 0 unspecified atom stereocenters. The van der Waals surface area contributed by atoms with Crippen LogP contribution in [0.1, 0.15) is 38.3 Å². The molecular weight excluding hydrogens is 282 g/mol. The van der Waals surface area contributed by atoms with E-state index in [1.165, 1.54) is 16.2 Å². The van der Waals surface area contributed by atoms with Crippen LogP contribution in [0.2, 0.25) is 0 Å². The molecule has 0 bridgehead atoms. The highest BCUT2D eigenvalue weighted by atomic mass is 32.1. The number of nitrogens with one attached hydrogen (secondary N) is 1. The maximum atomic E-state index is 12.4. The maximum absolute atomic E-state index is 12.4. The molecular formula is C16H15N3OS. The molecule has 3 rings (SSSR count). The smallest absolute Gasteiger partial charge is 0.256 e. The summed E-state index contributed by atoms with van der Waals surface area (Å²) in [4.78, 5) is 13.6. The first-order chi connectivity index (χ1) is 10.1. The third-order valence-corrected chi connectivity index (χ3v) is 4.96. The number of thiophene rings is 1. The lowest BCUT2D eigenvalue weighted by molar-refractivity contribution is 0.102. The summed E-state index contributed by atoms with van der Waals surface area (Å²) >= 11 is 1.53. The molecule has 1 aliphatic carbocycles. The van der Waals surface area contributed by atoms with Gasteiger partial charge in [0.1, 0.15) is 11.1 Å². The van der Waals surface area contributed by atoms with Crippen molar-refractivity contribution in [1.82, 2.24) is 0 Å². The number of nitriles is 1. The fourth-order valence-electron chi connectivity index (χ4n) is 2.72. The third kappa shape index (κ3) is 2.39. The number of nitrogens with two attached hydrogens (primary N) is 1. The van der Waals surface area contributed by atoms with Crippen molar-refractivity contribution in [2.24, 2.45) is 0 Å². The van der Waals surface area contributed by atoms with E-state index in [4.69, 9.17) is 5.73 Å². The second-order valence-corrected chi connectivity index (χ2v) is 6.31. The number of fused-ring (bicyclic) bond motifs is 1. The lowest BCUT2D eigenvalue weighted by Crippen LogP contribution is -2.13. The molecule has 0 saturated carbocycles. The molecule has 4 nitrogen and oxygen atoms in total. The average Bonchev–Trinajstić information content (AvgIpc) is 2.98. The molecule has 0 fully saturated rings. The largest absolute Gasteiger partial charge is 0.399 e. The summed E-state index contributed by atoms with van der Waals surface area (Å²) < 4.78 is 0. The minimum Gasteiger partial charge on any atom is -0.399 e. The molecule has 21 heavy (non-hydrogen) atoms. The first-order valence-electron chi connectivity index (χ1n) is 6.82. The summed E-state index contributed by atoms with van der Waals surface area (Å²) in [7, 11) is 0. The van der Waals surface area contributed by atoms with E-state index in [1.807, 2.05) is 6.92 Å². The van der Waals surface area contributed by atoms with Crippen LogP contribution in [0.15, 0.2) is 18.2 Å². The summed E-state index contributed by atoms with van der Waals surface area (Å²) in [5, 5.41) is 12.9. The number of benzene rings is 1. The molecule has 5 heteroatoms. The van der Waals surface area contributed by atoms with Crippen molar-refractivity contribution in [1.29, 1.82) is 5.26 Å². The molecule has 3 N–H and O–H groups in total. The fraction of sp³-hybridized carbons (Fsp3) is 0.250. The fourth-order valence-corrected chi connectivity index (χ4v) is 3.96. The summed E-state index contributed by atoms with van der Waals surface area (Å²) in [5.74, 6) is -0.191. The minimum atomic E-state index is -0.191. The topological polar surface area (TPSA) is 78.9 Å². The number of nitrogen functional groups attached to an aromatic ring is 1. The summed E-state index contributed by atoms with van der Waals surface area (Å²) in [6, 6.07) is 7.43. The summed E-state index contributed by atoms with van der Waals surface area (Å²) in [5.41, 5.74) is 9.50. The van der Waals surface area contributed by atoms with Crippen LogP contribution in [0.5, 0.6) is 0 Å². The first-order valence-corrected chi connectivity index (χ1v) is 7.64. The quantitative estimate of drug-likeness (QED) is 0.835. The Hall–Kier alpha value is -2.32. The van der Waals surface area contributed by atoms with Crippen LogP contribution in [0, 0.1) is 18.3 Å². The number of carbonyl (C=O) groups excluding carboxylic acids is 1. The van der Waals surface area contributed by atoms with Crippen molar-refractivity contribution in [3.63, 3.8) is 0 Å². The number of rotatable bonds is 2. The Balaban J connectivity index is 1.91. The van der Waals surface area contributed by atoms with Crippen LogP contribution in [0.25, 0.3) is 0 Å². The van der Waals surface area contributed by atoms with Gasteiger partial charge in [0.2, 0.25) is 0 Å². The van der Waals surface area contributed by atoms with Gasteiger partial charge in [-0.1, -0.05) is 0 Å². The molecule has 1 heterocycles. The maximum Gasteiger partial charge on any atom is 0.256 e. The molecule has 0 aliphatic heterocycles. The number of amides is 1. The van der Waals surface area contributed by atoms with Crippen LogP contribution in [-0.2, 0) is 12.8 Å². The average molecular weight is 297 g/mol. The van der Waals surface area contributed by atoms with Gasteiger partial charge in [0.25, 0.3) is 5.91 Å². The van der Waals surface area contributed by atoms with Gasteiger partial charge in [-0.2, -0.15) is 5.26 Å². The SMILES string of the molecule is Cc1cc(N)ccc1C(=O)Nc1sc2c(c1C#N)CCC2. The Morgan fingerprint density at radius 2 is 2.24 bits per heavy atom. The predicted molar refractivity (Wildman–Crippen MR) is 84.6 cm³/mol.